The van der Waals surface area contributed by atoms with Crippen molar-refractivity contribution in [2.24, 2.45) is 0 Å². The molecule has 1 aliphatic heterocycles. The van der Waals surface area contributed by atoms with E-state index in [1.807, 2.05) is 24.0 Å². The predicted octanol–water partition coefficient (Wildman–Crippen LogP) is 4.55. The highest BCUT2D eigenvalue weighted by Gasteiger charge is 2.32. The fraction of sp³-hybridized carbons (Fsp3) is 0.217. The van der Waals surface area contributed by atoms with E-state index >= 15 is 0 Å². The third-order valence-electron chi connectivity index (χ3n) is 5.11. The maximum atomic E-state index is 12.9. The molecular weight excluding hydrogens is 423 g/mol. The number of para-hydroxylation sites is 1. The van der Waals surface area contributed by atoms with Gasteiger partial charge in [-0.3, -0.25) is 4.79 Å². The van der Waals surface area contributed by atoms with Gasteiger partial charge in [0.2, 0.25) is 0 Å². The Labute approximate surface area is 182 Å². The van der Waals surface area contributed by atoms with E-state index in [1.165, 1.54) is 12.1 Å². The van der Waals surface area contributed by atoms with Gasteiger partial charge in [-0.2, -0.15) is 13.2 Å². The number of aromatic nitrogens is 1. The number of pyridine rings is 1. The standard InChI is InChI=1S/C23H20F3N3O3/c1-14-5-10-20(27-11-14)29-17(12-30)13-32-21-18(3-2-4-19(21)29)22(31)28-16-8-6-15(7-9-16)23(24,25)26/h2-11,17,30H,12-13H2,1H3,(H,28,31). The number of alkyl halides is 3. The van der Waals surface area contributed by atoms with Crippen molar-refractivity contribution in [1.82, 2.24) is 4.98 Å². The Balaban J connectivity index is 1.65. The van der Waals surface area contributed by atoms with Crippen LogP contribution in [0.1, 0.15) is 21.5 Å². The molecule has 9 heteroatoms. The Hall–Kier alpha value is -3.59. The van der Waals surface area contributed by atoms with Gasteiger partial charge in [0, 0.05) is 11.9 Å². The molecule has 1 aliphatic rings. The minimum Gasteiger partial charge on any atom is -0.488 e. The van der Waals surface area contributed by atoms with Crippen molar-refractivity contribution in [2.75, 3.05) is 23.4 Å². The molecular formula is C23H20F3N3O3. The average molecular weight is 443 g/mol. The van der Waals surface area contributed by atoms with Gasteiger partial charge in [0.15, 0.2) is 5.75 Å². The smallest absolute Gasteiger partial charge is 0.416 e. The molecule has 1 atom stereocenters. The van der Waals surface area contributed by atoms with Crippen molar-refractivity contribution in [1.29, 1.82) is 0 Å². The number of anilines is 3. The predicted molar refractivity (Wildman–Crippen MR) is 113 cm³/mol. The molecule has 0 radical (unpaired) electrons. The first-order valence-electron chi connectivity index (χ1n) is 9.85. The van der Waals surface area contributed by atoms with Gasteiger partial charge in [-0.15, -0.1) is 0 Å². The number of ether oxygens (including phenoxy) is 1. The van der Waals surface area contributed by atoms with Crippen molar-refractivity contribution >= 4 is 23.1 Å². The van der Waals surface area contributed by atoms with Crippen LogP contribution in [0.5, 0.6) is 5.75 Å². The number of amides is 1. The van der Waals surface area contributed by atoms with Crippen LogP contribution in [-0.2, 0) is 6.18 Å². The lowest BCUT2D eigenvalue weighted by atomic mass is 10.1. The highest BCUT2D eigenvalue weighted by molar-refractivity contribution is 6.07. The second-order valence-corrected chi connectivity index (χ2v) is 7.39. The summed E-state index contributed by atoms with van der Waals surface area (Å²) in [6.45, 7) is 1.86. The van der Waals surface area contributed by atoms with Gasteiger partial charge >= 0.3 is 6.18 Å². The Morgan fingerprint density at radius 2 is 1.94 bits per heavy atom. The zero-order valence-corrected chi connectivity index (χ0v) is 17.1. The van der Waals surface area contributed by atoms with Crippen LogP contribution in [0.3, 0.4) is 0 Å². The van der Waals surface area contributed by atoms with Crippen molar-refractivity contribution < 1.29 is 27.8 Å². The quantitative estimate of drug-likeness (QED) is 0.619. The molecule has 4 rings (SSSR count). The molecule has 0 saturated carbocycles. The monoisotopic (exact) mass is 443 g/mol. The minimum absolute atomic E-state index is 0.129. The van der Waals surface area contributed by atoms with Crippen LogP contribution in [0.25, 0.3) is 0 Å². The van der Waals surface area contributed by atoms with E-state index in [-0.39, 0.29) is 24.5 Å². The summed E-state index contributed by atoms with van der Waals surface area (Å²) in [4.78, 5) is 19.2. The fourth-order valence-corrected chi connectivity index (χ4v) is 3.48. The van der Waals surface area contributed by atoms with Gasteiger partial charge in [0.25, 0.3) is 5.91 Å². The van der Waals surface area contributed by atoms with Crippen LogP contribution < -0.4 is 15.0 Å². The van der Waals surface area contributed by atoms with E-state index < -0.39 is 23.7 Å². The molecule has 2 heterocycles. The second kappa shape index (κ2) is 8.51. The normalized spacial score (nSPS) is 15.7. The van der Waals surface area contributed by atoms with Gasteiger partial charge in [-0.1, -0.05) is 12.1 Å². The van der Waals surface area contributed by atoms with E-state index in [0.717, 1.165) is 17.7 Å². The van der Waals surface area contributed by atoms with Gasteiger partial charge < -0.3 is 20.1 Å². The number of carbonyl (C=O) groups excluding carboxylic acids is 1. The summed E-state index contributed by atoms with van der Waals surface area (Å²) in [6, 6.07) is 12.5. The van der Waals surface area contributed by atoms with Gasteiger partial charge in [0.05, 0.1) is 29.5 Å². The molecule has 1 unspecified atom stereocenters. The summed E-state index contributed by atoms with van der Waals surface area (Å²) in [5, 5.41) is 12.5. The molecule has 0 spiro atoms. The number of halogens is 3. The van der Waals surface area contributed by atoms with Gasteiger partial charge in [0.1, 0.15) is 12.4 Å². The summed E-state index contributed by atoms with van der Waals surface area (Å²) in [6.07, 6.45) is -2.74. The van der Waals surface area contributed by atoms with Crippen molar-refractivity contribution in [2.45, 2.75) is 19.1 Å². The topological polar surface area (TPSA) is 74.7 Å². The summed E-state index contributed by atoms with van der Waals surface area (Å²) >= 11 is 0. The van der Waals surface area contributed by atoms with E-state index in [4.69, 9.17) is 4.74 Å². The number of aryl methyl sites for hydroxylation is 1. The summed E-state index contributed by atoms with van der Waals surface area (Å²) in [5.74, 6) is 0.379. The Bertz CT molecular complexity index is 1120. The number of carbonyl (C=O) groups is 1. The minimum atomic E-state index is -4.45. The van der Waals surface area contributed by atoms with E-state index in [0.29, 0.717) is 17.3 Å². The van der Waals surface area contributed by atoms with Crippen LogP contribution in [-0.4, -0.2) is 35.3 Å². The van der Waals surface area contributed by atoms with E-state index in [1.54, 1.807) is 24.4 Å². The highest BCUT2D eigenvalue weighted by Crippen LogP contribution is 2.41. The van der Waals surface area contributed by atoms with E-state index in [2.05, 4.69) is 10.3 Å². The zero-order valence-electron chi connectivity index (χ0n) is 17.1. The second-order valence-electron chi connectivity index (χ2n) is 7.39. The molecule has 32 heavy (non-hydrogen) atoms. The molecule has 0 aliphatic carbocycles. The third kappa shape index (κ3) is 4.24. The van der Waals surface area contributed by atoms with Gasteiger partial charge in [-0.25, -0.2) is 4.98 Å². The molecule has 1 amide bonds. The molecule has 2 aromatic carbocycles. The molecule has 3 aromatic rings. The maximum absolute atomic E-state index is 12.9. The number of aliphatic hydroxyl groups excluding tert-OH is 1. The lowest BCUT2D eigenvalue weighted by Crippen LogP contribution is -2.43. The Morgan fingerprint density at radius 1 is 1.19 bits per heavy atom. The van der Waals surface area contributed by atoms with Crippen LogP contribution in [0.4, 0.5) is 30.4 Å². The first-order valence-corrected chi connectivity index (χ1v) is 9.85. The molecule has 166 valence electrons. The molecule has 6 nitrogen and oxygen atoms in total. The summed E-state index contributed by atoms with van der Waals surface area (Å²) in [7, 11) is 0. The lowest BCUT2D eigenvalue weighted by molar-refractivity contribution is -0.137. The third-order valence-corrected chi connectivity index (χ3v) is 5.11. The first kappa shape index (κ1) is 21.6. The number of hydrogen-bond acceptors (Lipinski definition) is 5. The number of hydrogen-bond donors (Lipinski definition) is 2. The Kier molecular flexibility index (Phi) is 5.75. The lowest BCUT2D eigenvalue weighted by Gasteiger charge is -2.37. The number of nitrogens with zero attached hydrogens (tertiary/aromatic N) is 2. The number of aliphatic hydroxyl groups is 1. The number of nitrogens with one attached hydrogen (secondary N) is 1. The van der Waals surface area contributed by atoms with Crippen LogP contribution >= 0.6 is 0 Å². The molecule has 1 aromatic heterocycles. The van der Waals surface area contributed by atoms with Crippen LogP contribution in [0, 0.1) is 6.92 Å². The molecule has 0 fully saturated rings. The molecule has 0 saturated heterocycles. The SMILES string of the molecule is Cc1ccc(N2c3cccc(C(=O)Nc4ccc(C(F)(F)F)cc4)c3OCC2CO)nc1. The Morgan fingerprint density at radius 3 is 2.56 bits per heavy atom. The zero-order chi connectivity index (χ0) is 22.9. The van der Waals surface area contributed by atoms with Gasteiger partial charge in [-0.05, 0) is 55.0 Å². The summed E-state index contributed by atoms with van der Waals surface area (Å²) in [5.41, 5.74) is 1.18. The van der Waals surface area contributed by atoms with Crippen LogP contribution in [0.15, 0.2) is 60.8 Å². The first-order chi connectivity index (χ1) is 15.3. The average Bonchev–Trinajstić information content (AvgIpc) is 2.78. The van der Waals surface area contributed by atoms with Crippen molar-refractivity contribution in [3.05, 3.63) is 77.5 Å². The largest absolute Gasteiger partial charge is 0.488 e. The maximum Gasteiger partial charge on any atom is 0.416 e. The van der Waals surface area contributed by atoms with Crippen molar-refractivity contribution in [3.8, 4) is 5.75 Å². The molecule has 0 bridgehead atoms. The fourth-order valence-electron chi connectivity index (χ4n) is 3.48. The van der Waals surface area contributed by atoms with Crippen molar-refractivity contribution in [3.63, 3.8) is 0 Å². The number of rotatable bonds is 4. The van der Waals surface area contributed by atoms with E-state index in [9.17, 15) is 23.1 Å². The highest BCUT2D eigenvalue weighted by atomic mass is 19.4. The van der Waals surface area contributed by atoms with Crippen LogP contribution in [0.2, 0.25) is 0 Å². The molecule has 2 N–H and O–H groups in total. The summed E-state index contributed by atoms with van der Waals surface area (Å²) < 4.78 is 44.1. The number of fused-ring (bicyclic) bond motifs is 1. The number of benzene rings is 2.